The molecule has 4 heteroatoms. The third-order valence-electron chi connectivity index (χ3n) is 3.45. The summed E-state index contributed by atoms with van der Waals surface area (Å²) in [5, 5.41) is 0.503. The van der Waals surface area contributed by atoms with Gasteiger partial charge in [0.25, 0.3) is 0 Å². The van der Waals surface area contributed by atoms with Crippen LogP contribution in [0.5, 0.6) is 5.88 Å². The summed E-state index contributed by atoms with van der Waals surface area (Å²) in [5.74, 6) is 0.428. The van der Waals surface area contributed by atoms with Crippen LogP contribution >= 0.6 is 27.5 Å². The number of pyridine rings is 1. The number of hydrogen-bond donors (Lipinski definition) is 0. The van der Waals surface area contributed by atoms with E-state index < -0.39 is 0 Å². The Morgan fingerprint density at radius 3 is 2.27 bits per heavy atom. The molecule has 0 atom stereocenters. The third kappa shape index (κ3) is 3.71. The second-order valence-corrected chi connectivity index (χ2v) is 6.90. The molecule has 0 saturated carbocycles. The van der Waals surface area contributed by atoms with E-state index in [-0.39, 0.29) is 5.41 Å². The normalized spacial score (nSPS) is 12.4. The Bertz CT molecular complexity index is 687. The van der Waals surface area contributed by atoms with Gasteiger partial charge in [-0.3, -0.25) is 0 Å². The van der Waals surface area contributed by atoms with Crippen LogP contribution in [-0.2, 0) is 5.41 Å². The van der Waals surface area contributed by atoms with E-state index in [1.54, 1.807) is 13.2 Å². The van der Waals surface area contributed by atoms with Gasteiger partial charge in [0.2, 0.25) is 5.88 Å². The first-order chi connectivity index (χ1) is 10.4. The van der Waals surface area contributed by atoms with Crippen LogP contribution in [-0.4, -0.2) is 12.1 Å². The van der Waals surface area contributed by atoms with E-state index in [0.717, 1.165) is 16.8 Å². The molecule has 0 amide bonds. The van der Waals surface area contributed by atoms with Crippen molar-refractivity contribution in [2.45, 2.75) is 26.2 Å². The fourth-order valence-corrected chi connectivity index (χ4v) is 2.81. The van der Waals surface area contributed by atoms with Crippen LogP contribution < -0.4 is 4.74 Å². The SMILES string of the molecule is COc1nc(C(=CBr)c2ccc(C(C)(C)C)cc2)ccc1Cl. The van der Waals surface area contributed by atoms with Crippen LogP contribution in [0.25, 0.3) is 5.57 Å². The van der Waals surface area contributed by atoms with Gasteiger partial charge in [0.1, 0.15) is 5.02 Å². The first-order valence-electron chi connectivity index (χ1n) is 6.99. The number of rotatable bonds is 3. The molecule has 2 rings (SSSR count). The van der Waals surface area contributed by atoms with Crippen LogP contribution in [0, 0.1) is 0 Å². The van der Waals surface area contributed by atoms with Crippen molar-refractivity contribution in [1.82, 2.24) is 4.98 Å². The molecule has 0 unspecified atom stereocenters. The fraction of sp³-hybridized carbons (Fsp3) is 0.278. The molecular weight excluding hydrogens is 362 g/mol. The molecule has 2 nitrogen and oxygen atoms in total. The number of ether oxygens (including phenoxy) is 1. The van der Waals surface area contributed by atoms with E-state index in [1.165, 1.54) is 5.56 Å². The van der Waals surface area contributed by atoms with E-state index in [0.29, 0.717) is 10.9 Å². The zero-order chi connectivity index (χ0) is 16.3. The zero-order valence-electron chi connectivity index (χ0n) is 13.2. The largest absolute Gasteiger partial charge is 0.480 e. The van der Waals surface area contributed by atoms with Crippen molar-refractivity contribution < 1.29 is 4.74 Å². The summed E-state index contributed by atoms with van der Waals surface area (Å²) in [6, 6.07) is 12.2. The van der Waals surface area contributed by atoms with Crippen LogP contribution in [0.1, 0.15) is 37.6 Å². The van der Waals surface area contributed by atoms with Crippen LogP contribution in [0.4, 0.5) is 0 Å². The van der Waals surface area contributed by atoms with Gasteiger partial charge in [-0.25, -0.2) is 4.98 Å². The van der Waals surface area contributed by atoms with Crippen molar-refractivity contribution in [3.8, 4) is 5.88 Å². The smallest absolute Gasteiger partial charge is 0.232 e. The van der Waals surface area contributed by atoms with Gasteiger partial charge in [0.05, 0.1) is 12.8 Å². The van der Waals surface area contributed by atoms with Gasteiger partial charge in [-0.1, -0.05) is 72.6 Å². The van der Waals surface area contributed by atoms with Crippen molar-refractivity contribution in [1.29, 1.82) is 0 Å². The minimum Gasteiger partial charge on any atom is -0.480 e. The molecule has 0 aliphatic rings. The highest BCUT2D eigenvalue weighted by molar-refractivity contribution is 9.11. The zero-order valence-corrected chi connectivity index (χ0v) is 15.5. The number of aromatic nitrogens is 1. The van der Waals surface area contributed by atoms with E-state index >= 15 is 0 Å². The van der Waals surface area contributed by atoms with Crippen LogP contribution in [0.15, 0.2) is 41.4 Å². The second-order valence-electron chi connectivity index (χ2n) is 6.04. The Kier molecular flexibility index (Phi) is 5.30. The number of hydrogen-bond acceptors (Lipinski definition) is 2. The highest BCUT2D eigenvalue weighted by Gasteiger charge is 2.15. The van der Waals surface area contributed by atoms with E-state index in [9.17, 15) is 0 Å². The Morgan fingerprint density at radius 1 is 1.14 bits per heavy atom. The highest BCUT2D eigenvalue weighted by atomic mass is 79.9. The lowest BCUT2D eigenvalue weighted by atomic mass is 9.86. The van der Waals surface area contributed by atoms with Gasteiger partial charge in [-0.15, -0.1) is 0 Å². The predicted molar refractivity (Wildman–Crippen MR) is 96.9 cm³/mol. The molecular formula is C18H19BrClNO. The molecule has 1 aromatic heterocycles. The van der Waals surface area contributed by atoms with Crippen molar-refractivity contribution in [3.63, 3.8) is 0 Å². The van der Waals surface area contributed by atoms with E-state index in [1.807, 2.05) is 11.1 Å². The molecule has 0 saturated heterocycles. The molecule has 1 aromatic carbocycles. The first-order valence-corrected chi connectivity index (χ1v) is 8.28. The van der Waals surface area contributed by atoms with Crippen molar-refractivity contribution in [3.05, 3.63) is 63.2 Å². The monoisotopic (exact) mass is 379 g/mol. The molecule has 0 radical (unpaired) electrons. The second kappa shape index (κ2) is 6.84. The minimum absolute atomic E-state index is 0.137. The molecule has 116 valence electrons. The number of benzene rings is 1. The van der Waals surface area contributed by atoms with Gasteiger partial charge in [-0.2, -0.15) is 0 Å². The molecule has 0 fully saturated rings. The lowest BCUT2D eigenvalue weighted by Gasteiger charge is -2.19. The number of methoxy groups -OCH3 is 1. The maximum atomic E-state index is 6.04. The van der Waals surface area contributed by atoms with Gasteiger partial charge >= 0.3 is 0 Å². The quantitative estimate of drug-likeness (QED) is 0.669. The maximum absolute atomic E-state index is 6.04. The Labute approximate surface area is 145 Å². The average Bonchev–Trinajstić information content (AvgIpc) is 2.49. The molecule has 22 heavy (non-hydrogen) atoms. The van der Waals surface area contributed by atoms with Crippen molar-refractivity contribution in [2.24, 2.45) is 0 Å². The molecule has 0 aliphatic heterocycles. The molecule has 1 heterocycles. The summed E-state index contributed by atoms with van der Waals surface area (Å²) in [6.45, 7) is 6.61. The molecule has 2 aromatic rings. The van der Waals surface area contributed by atoms with Gasteiger partial charge in [0, 0.05) is 5.57 Å². The lowest BCUT2D eigenvalue weighted by molar-refractivity contribution is 0.398. The Hall–Kier alpha value is -1.32. The van der Waals surface area contributed by atoms with Crippen molar-refractivity contribution in [2.75, 3.05) is 7.11 Å². The standard InChI is InChI=1S/C18H19BrClNO/c1-18(2,3)13-7-5-12(6-8-13)14(11-19)16-10-9-15(20)17(21-16)22-4/h5-11H,1-4H3. The molecule has 0 N–H and O–H groups in total. The minimum atomic E-state index is 0.137. The summed E-state index contributed by atoms with van der Waals surface area (Å²) in [6.07, 6.45) is 0. The molecule has 0 bridgehead atoms. The molecule has 0 aliphatic carbocycles. The molecule has 0 spiro atoms. The van der Waals surface area contributed by atoms with Gasteiger partial charge < -0.3 is 4.74 Å². The predicted octanol–water partition coefficient (Wildman–Crippen LogP) is 5.83. The summed E-state index contributed by atoms with van der Waals surface area (Å²) in [7, 11) is 1.56. The van der Waals surface area contributed by atoms with Gasteiger partial charge in [0.15, 0.2) is 0 Å². The summed E-state index contributed by atoms with van der Waals surface area (Å²) < 4.78 is 5.19. The van der Waals surface area contributed by atoms with Crippen molar-refractivity contribution >= 4 is 33.1 Å². The van der Waals surface area contributed by atoms with E-state index in [4.69, 9.17) is 16.3 Å². The van der Waals surface area contributed by atoms with Gasteiger partial charge in [-0.05, 0) is 33.7 Å². The van der Waals surface area contributed by atoms with E-state index in [2.05, 4.69) is 66.0 Å². The topological polar surface area (TPSA) is 22.1 Å². The summed E-state index contributed by atoms with van der Waals surface area (Å²) in [4.78, 5) is 6.33. The third-order valence-corrected chi connectivity index (χ3v) is 4.20. The first kappa shape index (κ1) is 17.0. The van der Waals surface area contributed by atoms with Crippen LogP contribution in [0.3, 0.4) is 0 Å². The summed E-state index contributed by atoms with van der Waals surface area (Å²) in [5.41, 5.74) is 4.31. The number of halogens is 2. The lowest BCUT2D eigenvalue weighted by Crippen LogP contribution is -2.10. The number of nitrogens with zero attached hydrogens (tertiary/aromatic N) is 1. The Morgan fingerprint density at radius 2 is 1.77 bits per heavy atom. The van der Waals surface area contributed by atoms with Crippen LogP contribution in [0.2, 0.25) is 5.02 Å². The highest BCUT2D eigenvalue weighted by Crippen LogP contribution is 2.30. The fourth-order valence-electron chi connectivity index (χ4n) is 2.13. The summed E-state index contributed by atoms with van der Waals surface area (Å²) >= 11 is 9.48. The Balaban J connectivity index is 2.41. The maximum Gasteiger partial charge on any atom is 0.232 e. The average molecular weight is 381 g/mol.